The molecule has 5 heteroatoms. The van der Waals surface area contributed by atoms with Gasteiger partial charge in [-0.3, -0.25) is 4.79 Å². The number of hydrogen-bond acceptors (Lipinski definition) is 2. The van der Waals surface area contributed by atoms with Crippen LogP contribution in [0, 0.1) is 5.82 Å². The van der Waals surface area contributed by atoms with Crippen LogP contribution >= 0.6 is 11.6 Å². The predicted octanol–water partition coefficient (Wildman–Crippen LogP) is 3.24. The third-order valence-electron chi connectivity index (χ3n) is 2.78. The van der Waals surface area contributed by atoms with E-state index in [0.717, 1.165) is 5.56 Å². The van der Waals surface area contributed by atoms with Crippen LogP contribution in [0.15, 0.2) is 42.5 Å². The highest BCUT2D eigenvalue weighted by Gasteiger charge is 2.11. The SMILES string of the molecule is CC(Cc1ccc(F)cc1)NC(=O)c1cccc(Cl)n1. The number of benzene rings is 1. The summed E-state index contributed by atoms with van der Waals surface area (Å²) in [5.74, 6) is -0.546. The minimum atomic E-state index is -0.276. The van der Waals surface area contributed by atoms with Gasteiger partial charge in [-0.05, 0) is 43.2 Å². The summed E-state index contributed by atoms with van der Waals surface area (Å²) in [6.07, 6.45) is 0.618. The van der Waals surface area contributed by atoms with Crippen LogP contribution in [0.3, 0.4) is 0 Å². The molecule has 2 rings (SSSR count). The number of carbonyl (C=O) groups excluding carboxylic acids is 1. The molecule has 0 radical (unpaired) electrons. The van der Waals surface area contributed by atoms with Crippen LogP contribution < -0.4 is 5.32 Å². The number of halogens is 2. The van der Waals surface area contributed by atoms with E-state index in [9.17, 15) is 9.18 Å². The fourth-order valence-corrected chi connectivity index (χ4v) is 2.02. The van der Waals surface area contributed by atoms with Crippen LogP contribution in [-0.4, -0.2) is 16.9 Å². The zero-order valence-corrected chi connectivity index (χ0v) is 11.7. The zero-order valence-electron chi connectivity index (χ0n) is 10.9. The Hall–Kier alpha value is -1.94. The van der Waals surface area contributed by atoms with Gasteiger partial charge in [0.1, 0.15) is 16.7 Å². The highest BCUT2D eigenvalue weighted by atomic mass is 35.5. The minimum Gasteiger partial charge on any atom is -0.348 e. The van der Waals surface area contributed by atoms with Crippen LogP contribution in [-0.2, 0) is 6.42 Å². The topological polar surface area (TPSA) is 42.0 Å². The van der Waals surface area contributed by atoms with Crippen molar-refractivity contribution in [3.63, 3.8) is 0 Å². The summed E-state index contributed by atoms with van der Waals surface area (Å²) in [6, 6.07) is 11.0. The lowest BCUT2D eigenvalue weighted by Crippen LogP contribution is -2.34. The summed E-state index contributed by atoms with van der Waals surface area (Å²) in [5, 5.41) is 3.11. The van der Waals surface area contributed by atoms with Crippen molar-refractivity contribution in [3.8, 4) is 0 Å². The largest absolute Gasteiger partial charge is 0.348 e. The van der Waals surface area contributed by atoms with Gasteiger partial charge in [0.15, 0.2) is 0 Å². The molecular weight excluding hydrogens is 279 g/mol. The summed E-state index contributed by atoms with van der Waals surface area (Å²) in [7, 11) is 0. The molecular formula is C15H14ClFN2O. The normalized spacial score (nSPS) is 11.9. The molecule has 1 amide bonds. The third kappa shape index (κ3) is 4.03. The average Bonchev–Trinajstić information content (AvgIpc) is 2.41. The maximum Gasteiger partial charge on any atom is 0.270 e. The molecule has 2 aromatic rings. The fraction of sp³-hybridized carbons (Fsp3) is 0.200. The Kier molecular flexibility index (Phi) is 4.69. The number of hydrogen-bond donors (Lipinski definition) is 1. The molecule has 1 aromatic carbocycles. The highest BCUT2D eigenvalue weighted by molar-refractivity contribution is 6.29. The van der Waals surface area contributed by atoms with E-state index in [1.165, 1.54) is 12.1 Å². The molecule has 1 unspecified atom stereocenters. The van der Waals surface area contributed by atoms with Crippen LogP contribution in [0.5, 0.6) is 0 Å². The smallest absolute Gasteiger partial charge is 0.270 e. The maximum absolute atomic E-state index is 12.8. The molecule has 0 saturated heterocycles. The van der Waals surface area contributed by atoms with Crippen molar-refractivity contribution in [2.75, 3.05) is 0 Å². The number of amides is 1. The standard InChI is InChI=1S/C15H14ClFN2O/c1-10(9-11-5-7-12(17)8-6-11)18-15(20)13-3-2-4-14(16)19-13/h2-8,10H,9H2,1H3,(H,18,20). The van der Waals surface area contributed by atoms with Crippen molar-refractivity contribution in [1.82, 2.24) is 10.3 Å². The lowest BCUT2D eigenvalue weighted by atomic mass is 10.1. The first-order valence-corrected chi connectivity index (χ1v) is 6.60. The van der Waals surface area contributed by atoms with E-state index in [1.54, 1.807) is 30.3 Å². The molecule has 1 atom stereocenters. The Balaban J connectivity index is 1.95. The summed E-state index contributed by atoms with van der Waals surface area (Å²) in [6.45, 7) is 1.88. The summed E-state index contributed by atoms with van der Waals surface area (Å²) < 4.78 is 12.8. The number of aromatic nitrogens is 1. The molecule has 104 valence electrons. The summed E-state index contributed by atoms with van der Waals surface area (Å²) in [5.41, 5.74) is 1.24. The lowest BCUT2D eigenvalue weighted by molar-refractivity contribution is 0.0935. The van der Waals surface area contributed by atoms with E-state index in [1.807, 2.05) is 6.92 Å². The first-order chi connectivity index (χ1) is 9.54. The zero-order chi connectivity index (χ0) is 14.5. The molecule has 0 fully saturated rings. The van der Waals surface area contributed by atoms with E-state index < -0.39 is 0 Å². The van der Waals surface area contributed by atoms with Crippen LogP contribution in [0.2, 0.25) is 5.15 Å². The Morgan fingerprint density at radius 1 is 1.30 bits per heavy atom. The first-order valence-electron chi connectivity index (χ1n) is 6.22. The molecule has 0 spiro atoms. The number of nitrogens with zero attached hydrogens (tertiary/aromatic N) is 1. The monoisotopic (exact) mass is 292 g/mol. The fourth-order valence-electron chi connectivity index (χ4n) is 1.86. The van der Waals surface area contributed by atoms with Gasteiger partial charge >= 0.3 is 0 Å². The number of nitrogens with one attached hydrogen (secondary N) is 1. The summed E-state index contributed by atoms with van der Waals surface area (Å²) in [4.78, 5) is 15.9. The highest BCUT2D eigenvalue weighted by Crippen LogP contribution is 2.08. The van der Waals surface area contributed by atoms with E-state index >= 15 is 0 Å². The predicted molar refractivity (Wildman–Crippen MR) is 76.3 cm³/mol. The van der Waals surface area contributed by atoms with E-state index in [4.69, 9.17) is 11.6 Å². The molecule has 0 bridgehead atoms. The molecule has 1 aromatic heterocycles. The van der Waals surface area contributed by atoms with Gasteiger partial charge in [0.2, 0.25) is 0 Å². The summed E-state index contributed by atoms with van der Waals surface area (Å²) >= 11 is 5.74. The number of rotatable bonds is 4. The Labute approximate surface area is 121 Å². The van der Waals surface area contributed by atoms with Crippen LogP contribution in [0.4, 0.5) is 4.39 Å². The van der Waals surface area contributed by atoms with Crippen molar-refractivity contribution >= 4 is 17.5 Å². The molecule has 0 aliphatic heterocycles. The number of pyridine rings is 1. The van der Waals surface area contributed by atoms with Crippen LogP contribution in [0.1, 0.15) is 23.0 Å². The first kappa shape index (κ1) is 14.5. The molecule has 0 aliphatic carbocycles. The average molecular weight is 293 g/mol. The van der Waals surface area contributed by atoms with Crippen molar-refractivity contribution in [2.45, 2.75) is 19.4 Å². The van der Waals surface area contributed by atoms with Gasteiger partial charge in [0.25, 0.3) is 5.91 Å². The van der Waals surface area contributed by atoms with Crippen LogP contribution in [0.25, 0.3) is 0 Å². The van der Waals surface area contributed by atoms with Gasteiger partial charge in [0.05, 0.1) is 0 Å². The molecule has 0 aliphatic rings. The lowest BCUT2D eigenvalue weighted by Gasteiger charge is -2.13. The minimum absolute atomic E-state index is 0.0891. The second kappa shape index (κ2) is 6.48. The van der Waals surface area contributed by atoms with Crippen molar-refractivity contribution in [3.05, 3.63) is 64.7 Å². The van der Waals surface area contributed by atoms with Crippen molar-refractivity contribution in [1.29, 1.82) is 0 Å². The van der Waals surface area contributed by atoms with Gasteiger partial charge in [-0.2, -0.15) is 0 Å². The van der Waals surface area contributed by atoms with E-state index in [2.05, 4.69) is 10.3 Å². The van der Waals surface area contributed by atoms with E-state index in [-0.39, 0.29) is 28.6 Å². The van der Waals surface area contributed by atoms with Gasteiger partial charge in [-0.25, -0.2) is 9.37 Å². The molecule has 0 saturated carbocycles. The maximum atomic E-state index is 12.8. The van der Waals surface area contributed by atoms with Crippen molar-refractivity contribution < 1.29 is 9.18 Å². The Morgan fingerprint density at radius 3 is 2.65 bits per heavy atom. The van der Waals surface area contributed by atoms with Gasteiger partial charge in [-0.1, -0.05) is 29.8 Å². The van der Waals surface area contributed by atoms with Gasteiger partial charge in [0, 0.05) is 6.04 Å². The quantitative estimate of drug-likeness (QED) is 0.879. The van der Waals surface area contributed by atoms with E-state index in [0.29, 0.717) is 6.42 Å². The molecule has 20 heavy (non-hydrogen) atoms. The van der Waals surface area contributed by atoms with Crippen molar-refractivity contribution in [2.24, 2.45) is 0 Å². The second-order valence-corrected chi connectivity index (χ2v) is 4.94. The van der Waals surface area contributed by atoms with Gasteiger partial charge in [-0.15, -0.1) is 0 Å². The molecule has 3 nitrogen and oxygen atoms in total. The molecule has 1 N–H and O–H groups in total. The third-order valence-corrected chi connectivity index (χ3v) is 2.99. The molecule has 1 heterocycles. The van der Waals surface area contributed by atoms with Gasteiger partial charge < -0.3 is 5.32 Å². The Morgan fingerprint density at radius 2 is 2.00 bits per heavy atom. The number of carbonyl (C=O) groups is 1. The second-order valence-electron chi connectivity index (χ2n) is 4.55. The Bertz CT molecular complexity index is 601.